The minimum atomic E-state index is -0.529. The van der Waals surface area contributed by atoms with Crippen LogP contribution in [0.15, 0.2) is 72.8 Å². The fraction of sp³-hybridized carbons (Fsp3) is 0.0800. The van der Waals surface area contributed by atoms with Gasteiger partial charge in [-0.2, -0.15) is 0 Å². The van der Waals surface area contributed by atoms with Crippen molar-refractivity contribution >= 4 is 24.3 Å². The van der Waals surface area contributed by atoms with Crippen molar-refractivity contribution in [2.24, 2.45) is 4.99 Å². The summed E-state index contributed by atoms with van der Waals surface area (Å²) in [5.74, 6) is -0.409. The summed E-state index contributed by atoms with van der Waals surface area (Å²) in [4.78, 5) is 20.8. The zero-order valence-corrected chi connectivity index (χ0v) is 17.6. The Morgan fingerprint density at radius 3 is 2.62 bits per heavy atom. The molecule has 0 radical (unpaired) electrons. The van der Waals surface area contributed by atoms with Gasteiger partial charge in [-0.05, 0) is 49.5 Å². The van der Waals surface area contributed by atoms with Gasteiger partial charge in [0.25, 0.3) is 0 Å². The molecular formula is C25H21FN6. The Labute approximate surface area is 185 Å². The summed E-state index contributed by atoms with van der Waals surface area (Å²) in [6.45, 7) is 9.62. The van der Waals surface area contributed by atoms with E-state index >= 15 is 4.39 Å². The van der Waals surface area contributed by atoms with Crippen LogP contribution in [0.2, 0.25) is 0 Å². The maximum absolute atomic E-state index is 15.1. The number of nitrogens with one attached hydrogen (secondary N) is 1. The highest BCUT2D eigenvalue weighted by molar-refractivity contribution is 5.73. The topological polar surface area (TPSA) is 76.0 Å². The number of aliphatic imine (C=N–C) groups is 1. The van der Waals surface area contributed by atoms with Crippen molar-refractivity contribution in [3.05, 3.63) is 90.4 Å². The first-order valence-corrected chi connectivity index (χ1v) is 9.95. The standard InChI is InChI=1S/C25H21FN6/c1-4-18-12-20(6-8-21(18)27-3)24-23(26)25(32-15-31-24)30-14-17-5-7-22(29-13-17)19-9-10-28-16(2)11-19/h4-13,15H,1,3,14H2,2H3,(H,30,31,32). The molecule has 0 aliphatic carbocycles. The lowest BCUT2D eigenvalue weighted by molar-refractivity contribution is 0.621. The molecule has 158 valence electrons. The van der Waals surface area contributed by atoms with Gasteiger partial charge < -0.3 is 5.32 Å². The minimum absolute atomic E-state index is 0.120. The predicted molar refractivity (Wildman–Crippen MR) is 126 cm³/mol. The van der Waals surface area contributed by atoms with Crippen molar-refractivity contribution in [3.63, 3.8) is 0 Å². The molecule has 0 saturated carbocycles. The van der Waals surface area contributed by atoms with E-state index in [1.165, 1.54) is 6.33 Å². The van der Waals surface area contributed by atoms with Gasteiger partial charge in [-0.3, -0.25) is 15.0 Å². The third-order valence-electron chi connectivity index (χ3n) is 4.96. The van der Waals surface area contributed by atoms with Gasteiger partial charge in [0.2, 0.25) is 0 Å². The molecule has 4 rings (SSSR count). The van der Waals surface area contributed by atoms with Crippen LogP contribution >= 0.6 is 0 Å². The molecule has 0 aliphatic heterocycles. The third kappa shape index (κ3) is 4.41. The molecule has 7 heteroatoms. The highest BCUT2D eigenvalue weighted by Crippen LogP contribution is 2.29. The average molecular weight is 424 g/mol. The molecule has 0 amide bonds. The average Bonchev–Trinajstić information content (AvgIpc) is 2.83. The Morgan fingerprint density at radius 2 is 1.91 bits per heavy atom. The van der Waals surface area contributed by atoms with Crippen molar-refractivity contribution in [1.29, 1.82) is 0 Å². The quantitative estimate of drug-likeness (QED) is 0.389. The van der Waals surface area contributed by atoms with Crippen molar-refractivity contribution in [2.45, 2.75) is 13.5 Å². The number of aryl methyl sites for hydroxylation is 1. The lowest BCUT2D eigenvalue weighted by Gasteiger charge is -2.11. The number of nitrogens with zero attached hydrogens (tertiary/aromatic N) is 5. The lowest BCUT2D eigenvalue weighted by Crippen LogP contribution is -2.06. The molecule has 3 heterocycles. The van der Waals surface area contributed by atoms with Gasteiger partial charge in [0.1, 0.15) is 12.0 Å². The van der Waals surface area contributed by atoms with Gasteiger partial charge in [0.15, 0.2) is 11.6 Å². The fourth-order valence-electron chi connectivity index (χ4n) is 3.29. The molecular weight excluding hydrogens is 403 g/mol. The summed E-state index contributed by atoms with van der Waals surface area (Å²) in [7, 11) is 0. The Kier molecular flexibility index (Phi) is 6.07. The van der Waals surface area contributed by atoms with Crippen LogP contribution in [0.3, 0.4) is 0 Å². The highest BCUT2D eigenvalue weighted by atomic mass is 19.1. The molecule has 1 aromatic carbocycles. The van der Waals surface area contributed by atoms with Gasteiger partial charge in [-0.15, -0.1) is 0 Å². The SMILES string of the molecule is C=Cc1cc(-c2ncnc(NCc3ccc(-c4ccnc(C)c4)nc3)c2F)ccc1N=C. The molecule has 4 aromatic rings. The molecule has 0 fully saturated rings. The molecule has 0 bridgehead atoms. The third-order valence-corrected chi connectivity index (χ3v) is 4.96. The van der Waals surface area contributed by atoms with E-state index in [2.05, 4.69) is 43.5 Å². The molecule has 0 atom stereocenters. The van der Waals surface area contributed by atoms with Crippen LogP contribution in [0.4, 0.5) is 15.9 Å². The number of halogens is 1. The van der Waals surface area contributed by atoms with Gasteiger partial charge in [0.05, 0.1) is 11.4 Å². The predicted octanol–water partition coefficient (Wildman–Crippen LogP) is 5.64. The first kappa shape index (κ1) is 21.0. The minimum Gasteiger partial charge on any atom is -0.363 e. The van der Waals surface area contributed by atoms with E-state index in [4.69, 9.17) is 0 Å². The van der Waals surface area contributed by atoms with E-state index in [-0.39, 0.29) is 11.5 Å². The van der Waals surface area contributed by atoms with Crippen LogP contribution in [-0.2, 0) is 6.54 Å². The number of rotatable bonds is 7. The summed E-state index contributed by atoms with van der Waals surface area (Å²) < 4.78 is 15.1. The van der Waals surface area contributed by atoms with Gasteiger partial charge >= 0.3 is 0 Å². The van der Waals surface area contributed by atoms with E-state index in [0.29, 0.717) is 17.8 Å². The van der Waals surface area contributed by atoms with Crippen molar-refractivity contribution in [1.82, 2.24) is 19.9 Å². The normalized spacial score (nSPS) is 10.6. The lowest BCUT2D eigenvalue weighted by atomic mass is 10.1. The van der Waals surface area contributed by atoms with Crippen LogP contribution in [0, 0.1) is 12.7 Å². The second-order valence-corrected chi connectivity index (χ2v) is 7.11. The second kappa shape index (κ2) is 9.26. The molecule has 0 saturated heterocycles. The summed E-state index contributed by atoms with van der Waals surface area (Å²) in [5, 5.41) is 3.03. The Morgan fingerprint density at radius 1 is 1.03 bits per heavy atom. The number of benzene rings is 1. The molecule has 0 aliphatic rings. The summed E-state index contributed by atoms with van der Waals surface area (Å²) >= 11 is 0. The number of anilines is 1. The zero-order valence-electron chi connectivity index (χ0n) is 17.6. The van der Waals surface area contributed by atoms with Gasteiger partial charge in [0, 0.05) is 41.3 Å². The van der Waals surface area contributed by atoms with Gasteiger partial charge in [-0.25, -0.2) is 14.4 Å². The first-order chi connectivity index (χ1) is 15.6. The molecule has 32 heavy (non-hydrogen) atoms. The fourth-order valence-corrected chi connectivity index (χ4v) is 3.29. The molecule has 6 nitrogen and oxygen atoms in total. The number of aromatic nitrogens is 4. The van der Waals surface area contributed by atoms with Crippen LogP contribution < -0.4 is 5.32 Å². The summed E-state index contributed by atoms with van der Waals surface area (Å²) in [6, 6.07) is 13.0. The molecule has 0 unspecified atom stereocenters. The number of hydrogen-bond acceptors (Lipinski definition) is 6. The van der Waals surface area contributed by atoms with Crippen molar-refractivity contribution in [2.75, 3.05) is 5.32 Å². The maximum atomic E-state index is 15.1. The van der Waals surface area contributed by atoms with Crippen molar-refractivity contribution < 1.29 is 4.39 Å². The van der Waals surface area contributed by atoms with E-state index in [1.807, 2.05) is 31.2 Å². The van der Waals surface area contributed by atoms with Crippen LogP contribution in [0.5, 0.6) is 0 Å². The second-order valence-electron chi connectivity index (χ2n) is 7.11. The Bertz CT molecular complexity index is 1280. The van der Waals surface area contributed by atoms with E-state index < -0.39 is 5.82 Å². The maximum Gasteiger partial charge on any atom is 0.191 e. The van der Waals surface area contributed by atoms with E-state index in [0.717, 1.165) is 28.1 Å². The zero-order chi connectivity index (χ0) is 22.5. The van der Waals surface area contributed by atoms with E-state index in [9.17, 15) is 0 Å². The Balaban J connectivity index is 1.52. The van der Waals surface area contributed by atoms with Crippen molar-refractivity contribution in [3.8, 4) is 22.5 Å². The highest BCUT2D eigenvalue weighted by Gasteiger charge is 2.14. The first-order valence-electron chi connectivity index (χ1n) is 9.95. The summed E-state index contributed by atoms with van der Waals surface area (Å²) in [5.41, 5.74) is 5.91. The van der Waals surface area contributed by atoms with Crippen LogP contribution in [-0.4, -0.2) is 26.7 Å². The Hall–Kier alpha value is -4.26. The number of pyridine rings is 2. The summed E-state index contributed by atoms with van der Waals surface area (Å²) in [6.07, 6.45) is 6.50. The monoisotopic (exact) mass is 424 g/mol. The largest absolute Gasteiger partial charge is 0.363 e. The van der Waals surface area contributed by atoms with Crippen LogP contribution in [0.1, 0.15) is 16.8 Å². The molecule has 0 spiro atoms. The van der Waals surface area contributed by atoms with Crippen LogP contribution in [0.25, 0.3) is 28.6 Å². The molecule has 1 N–H and O–H groups in total. The smallest absolute Gasteiger partial charge is 0.191 e. The van der Waals surface area contributed by atoms with Gasteiger partial charge in [-0.1, -0.05) is 24.8 Å². The molecule has 3 aromatic heterocycles. The van der Waals surface area contributed by atoms with E-state index in [1.54, 1.807) is 36.7 Å². The number of hydrogen-bond donors (Lipinski definition) is 1.